The maximum atomic E-state index is 11.9. The lowest BCUT2D eigenvalue weighted by Gasteiger charge is -2.32. The van der Waals surface area contributed by atoms with E-state index in [2.05, 4.69) is 15.0 Å². The average molecular weight is 335 g/mol. The zero-order chi connectivity index (χ0) is 17.2. The molecule has 0 spiro atoms. The number of aryl methyl sites for hydroxylation is 1. The van der Waals surface area contributed by atoms with E-state index in [9.17, 15) is 4.79 Å². The lowest BCUT2D eigenvalue weighted by molar-refractivity contribution is 0.333. The second kappa shape index (κ2) is 6.63. The summed E-state index contributed by atoms with van der Waals surface area (Å²) in [6.45, 7) is 4.46. The van der Waals surface area contributed by atoms with Crippen molar-refractivity contribution in [2.75, 3.05) is 18.0 Å². The third-order valence-electron chi connectivity index (χ3n) is 4.81. The Kier molecular flexibility index (Phi) is 4.17. The third-order valence-corrected chi connectivity index (χ3v) is 4.81. The van der Waals surface area contributed by atoms with E-state index in [1.807, 2.05) is 37.4 Å². The van der Waals surface area contributed by atoms with Crippen LogP contribution in [0.5, 0.6) is 0 Å². The maximum absolute atomic E-state index is 11.9. The van der Waals surface area contributed by atoms with Crippen LogP contribution in [0.15, 0.2) is 47.4 Å². The first-order valence-electron chi connectivity index (χ1n) is 8.70. The van der Waals surface area contributed by atoms with Crippen molar-refractivity contribution in [3.05, 3.63) is 58.6 Å². The van der Waals surface area contributed by atoms with Gasteiger partial charge in [0.25, 0.3) is 5.56 Å². The molecule has 0 aliphatic carbocycles. The number of nitrogens with zero attached hydrogens (tertiary/aromatic N) is 5. The number of hydrogen-bond acceptors (Lipinski definition) is 5. The van der Waals surface area contributed by atoms with Crippen LogP contribution in [0, 0.1) is 12.8 Å². The molecule has 3 heterocycles. The van der Waals surface area contributed by atoms with Gasteiger partial charge >= 0.3 is 0 Å². The highest BCUT2D eigenvalue weighted by molar-refractivity contribution is 5.75. The first kappa shape index (κ1) is 15.7. The first-order valence-corrected chi connectivity index (χ1v) is 8.70. The van der Waals surface area contributed by atoms with Crippen molar-refractivity contribution in [2.24, 2.45) is 5.92 Å². The highest BCUT2D eigenvalue weighted by atomic mass is 16.1. The normalized spacial score (nSPS) is 15.6. The molecule has 1 aromatic carbocycles. The van der Waals surface area contributed by atoms with Crippen molar-refractivity contribution in [1.29, 1.82) is 0 Å². The van der Waals surface area contributed by atoms with Crippen LogP contribution in [-0.2, 0) is 6.54 Å². The zero-order valence-electron chi connectivity index (χ0n) is 14.3. The second-order valence-corrected chi connectivity index (χ2v) is 6.64. The molecule has 0 amide bonds. The number of aromatic nitrogens is 4. The van der Waals surface area contributed by atoms with Crippen molar-refractivity contribution in [1.82, 2.24) is 19.7 Å². The van der Waals surface area contributed by atoms with E-state index in [4.69, 9.17) is 4.98 Å². The number of hydrogen-bond donors (Lipinski definition) is 0. The van der Waals surface area contributed by atoms with Crippen LogP contribution in [0.1, 0.15) is 18.5 Å². The second-order valence-electron chi connectivity index (χ2n) is 6.64. The molecule has 6 heteroatoms. The summed E-state index contributed by atoms with van der Waals surface area (Å²) in [6.07, 6.45) is 3.91. The smallest absolute Gasteiger partial charge is 0.266 e. The number of benzene rings is 1. The van der Waals surface area contributed by atoms with Crippen molar-refractivity contribution in [3.8, 4) is 0 Å². The Labute approximate surface area is 146 Å². The van der Waals surface area contributed by atoms with Gasteiger partial charge in [0.1, 0.15) is 5.82 Å². The summed E-state index contributed by atoms with van der Waals surface area (Å²) in [5.41, 5.74) is 2.71. The van der Waals surface area contributed by atoms with Crippen molar-refractivity contribution in [3.63, 3.8) is 0 Å². The van der Waals surface area contributed by atoms with Crippen LogP contribution in [0.25, 0.3) is 11.0 Å². The van der Waals surface area contributed by atoms with Crippen LogP contribution in [0.3, 0.4) is 0 Å². The Balaban J connectivity index is 1.43. The SMILES string of the molecule is Cc1ccc(=O)n(CC2CCN(c3cnc4ccccc4n3)CC2)n1. The Morgan fingerprint density at radius 3 is 2.64 bits per heavy atom. The van der Waals surface area contributed by atoms with Crippen LogP contribution in [-0.4, -0.2) is 32.8 Å². The van der Waals surface area contributed by atoms with E-state index in [1.165, 1.54) is 0 Å². The van der Waals surface area contributed by atoms with E-state index in [1.54, 1.807) is 16.8 Å². The van der Waals surface area contributed by atoms with E-state index >= 15 is 0 Å². The van der Waals surface area contributed by atoms with E-state index < -0.39 is 0 Å². The number of fused-ring (bicyclic) bond motifs is 1. The lowest BCUT2D eigenvalue weighted by atomic mass is 9.97. The van der Waals surface area contributed by atoms with Gasteiger partial charge in [-0.3, -0.25) is 9.78 Å². The van der Waals surface area contributed by atoms with E-state index in [0.717, 1.165) is 48.5 Å². The predicted octanol–water partition coefficient (Wildman–Crippen LogP) is 2.41. The standard InChI is InChI=1S/C19H21N5O/c1-14-6-7-19(25)24(22-14)13-15-8-10-23(11-9-15)18-12-20-16-4-2-3-5-17(16)21-18/h2-7,12,15H,8-11,13H2,1H3. The summed E-state index contributed by atoms with van der Waals surface area (Å²) in [7, 11) is 0. The number of para-hydroxylation sites is 2. The Hall–Kier alpha value is -2.76. The molecule has 0 bridgehead atoms. The fourth-order valence-corrected chi connectivity index (χ4v) is 3.37. The van der Waals surface area contributed by atoms with Gasteiger partial charge in [-0.25, -0.2) is 9.67 Å². The van der Waals surface area contributed by atoms with Gasteiger partial charge in [-0.2, -0.15) is 5.10 Å². The van der Waals surface area contributed by atoms with Gasteiger partial charge in [0.15, 0.2) is 0 Å². The summed E-state index contributed by atoms with van der Waals surface area (Å²) in [6, 6.07) is 11.3. The van der Waals surface area contributed by atoms with Gasteiger partial charge < -0.3 is 4.90 Å². The molecule has 6 nitrogen and oxygen atoms in total. The molecule has 3 aromatic rings. The summed E-state index contributed by atoms with van der Waals surface area (Å²) in [5, 5.41) is 4.35. The molecular weight excluding hydrogens is 314 g/mol. The van der Waals surface area contributed by atoms with Crippen LogP contribution >= 0.6 is 0 Å². The molecule has 1 saturated heterocycles. The molecule has 0 N–H and O–H groups in total. The minimum absolute atomic E-state index is 0.0200. The largest absolute Gasteiger partial charge is 0.355 e. The van der Waals surface area contributed by atoms with Crippen LogP contribution < -0.4 is 10.5 Å². The van der Waals surface area contributed by atoms with Crippen molar-refractivity contribution >= 4 is 16.9 Å². The van der Waals surface area contributed by atoms with Crippen LogP contribution in [0.2, 0.25) is 0 Å². The van der Waals surface area contributed by atoms with Crippen LogP contribution in [0.4, 0.5) is 5.82 Å². The topological polar surface area (TPSA) is 63.9 Å². The molecule has 25 heavy (non-hydrogen) atoms. The molecule has 128 valence electrons. The van der Waals surface area contributed by atoms with Crippen molar-refractivity contribution in [2.45, 2.75) is 26.3 Å². The minimum Gasteiger partial charge on any atom is -0.355 e. The molecule has 0 radical (unpaired) electrons. The van der Waals surface area contributed by atoms with Crippen molar-refractivity contribution < 1.29 is 0 Å². The van der Waals surface area contributed by atoms with E-state index in [0.29, 0.717) is 12.5 Å². The van der Waals surface area contributed by atoms with Gasteiger partial charge in [-0.1, -0.05) is 12.1 Å². The van der Waals surface area contributed by atoms with Gasteiger partial charge in [-0.05, 0) is 43.9 Å². The molecular formula is C19H21N5O. The third kappa shape index (κ3) is 3.38. The predicted molar refractivity (Wildman–Crippen MR) is 97.7 cm³/mol. The fraction of sp³-hybridized carbons (Fsp3) is 0.368. The molecule has 4 rings (SSSR count). The maximum Gasteiger partial charge on any atom is 0.266 e. The Morgan fingerprint density at radius 1 is 1.08 bits per heavy atom. The summed E-state index contributed by atoms with van der Waals surface area (Å²) in [4.78, 5) is 23.4. The molecule has 0 saturated carbocycles. The molecule has 1 aliphatic heterocycles. The summed E-state index contributed by atoms with van der Waals surface area (Å²) >= 11 is 0. The minimum atomic E-state index is -0.0200. The highest BCUT2D eigenvalue weighted by Crippen LogP contribution is 2.23. The number of rotatable bonds is 3. The Bertz CT molecular complexity index is 944. The number of anilines is 1. The summed E-state index contributed by atoms with van der Waals surface area (Å²) < 4.78 is 1.60. The lowest BCUT2D eigenvalue weighted by Crippen LogP contribution is -2.37. The molecule has 1 aliphatic rings. The first-order chi connectivity index (χ1) is 12.2. The zero-order valence-corrected chi connectivity index (χ0v) is 14.3. The van der Waals surface area contributed by atoms with Gasteiger partial charge in [0.2, 0.25) is 0 Å². The monoisotopic (exact) mass is 335 g/mol. The Morgan fingerprint density at radius 2 is 1.84 bits per heavy atom. The van der Waals surface area contributed by atoms with E-state index in [-0.39, 0.29) is 5.56 Å². The van der Waals surface area contributed by atoms with Gasteiger partial charge in [-0.15, -0.1) is 0 Å². The quantitative estimate of drug-likeness (QED) is 0.735. The highest BCUT2D eigenvalue weighted by Gasteiger charge is 2.21. The van der Waals surface area contributed by atoms with Gasteiger partial charge in [0, 0.05) is 25.7 Å². The molecule has 0 atom stereocenters. The number of piperidine rings is 1. The molecule has 0 unspecified atom stereocenters. The average Bonchev–Trinajstić information content (AvgIpc) is 2.65. The van der Waals surface area contributed by atoms with Gasteiger partial charge in [0.05, 0.1) is 22.9 Å². The summed E-state index contributed by atoms with van der Waals surface area (Å²) in [5.74, 6) is 1.40. The molecule has 1 fully saturated rings. The molecule has 2 aromatic heterocycles. The fourth-order valence-electron chi connectivity index (χ4n) is 3.37.